The molecule has 2 rings (SSSR count). The molecule has 0 saturated carbocycles. The lowest BCUT2D eigenvalue weighted by Gasteiger charge is -2.09. The molecule has 4 N–H and O–H groups in total. The maximum atomic E-state index is 12.1. The molecule has 0 unspecified atom stereocenters. The van der Waals surface area contributed by atoms with Gasteiger partial charge in [-0.15, -0.1) is 23.7 Å². The summed E-state index contributed by atoms with van der Waals surface area (Å²) < 4.78 is 0. The number of carbonyl (C=O) groups is 2. The molecule has 1 aromatic carbocycles. The lowest BCUT2D eigenvalue weighted by atomic mass is 10.1. The summed E-state index contributed by atoms with van der Waals surface area (Å²) in [6, 6.07) is 7.43. The van der Waals surface area contributed by atoms with Crippen LogP contribution in [0, 0.1) is 5.92 Å². The molecule has 0 bridgehead atoms. The number of rotatable bonds is 7. The Kier molecular flexibility index (Phi) is 8.54. The molecule has 0 radical (unpaired) electrons. The summed E-state index contributed by atoms with van der Waals surface area (Å²) >= 11 is 1.37. The number of anilines is 1. The minimum absolute atomic E-state index is 0. The predicted molar refractivity (Wildman–Crippen MR) is 103 cm³/mol. The minimum atomic E-state index is -0.236. The lowest BCUT2D eigenvalue weighted by Crippen LogP contribution is -2.23. The van der Waals surface area contributed by atoms with Crippen molar-refractivity contribution in [2.45, 2.75) is 33.4 Å². The average molecular weight is 383 g/mol. The molecule has 6 nitrogen and oxygen atoms in total. The number of amides is 2. The van der Waals surface area contributed by atoms with Crippen LogP contribution in [0.25, 0.3) is 0 Å². The highest BCUT2D eigenvalue weighted by Gasteiger charge is 2.10. The summed E-state index contributed by atoms with van der Waals surface area (Å²) in [6.07, 6.45) is 0.480. The van der Waals surface area contributed by atoms with Gasteiger partial charge in [-0.2, -0.15) is 0 Å². The minimum Gasteiger partial charge on any atom is -0.347 e. The van der Waals surface area contributed by atoms with Crippen molar-refractivity contribution in [3.05, 3.63) is 45.9 Å². The van der Waals surface area contributed by atoms with Crippen LogP contribution >= 0.6 is 23.7 Å². The number of hydrogen-bond acceptors (Lipinski definition) is 5. The summed E-state index contributed by atoms with van der Waals surface area (Å²) in [7, 11) is 0. The van der Waals surface area contributed by atoms with Crippen molar-refractivity contribution in [3.63, 3.8) is 0 Å². The van der Waals surface area contributed by atoms with Gasteiger partial charge in [-0.05, 0) is 23.6 Å². The molecule has 2 amide bonds. The third kappa shape index (κ3) is 6.81. The molecule has 0 saturated heterocycles. The van der Waals surface area contributed by atoms with Gasteiger partial charge < -0.3 is 16.4 Å². The molecule has 0 aliphatic carbocycles. The number of thiazole rings is 1. The molecule has 0 atom stereocenters. The van der Waals surface area contributed by atoms with E-state index in [1.807, 2.05) is 38.1 Å². The number of nitrogens with two attached hydrogens (primary N) is 1. The topological polar surface area (TPSA) is 97.1 Å². The highest BCUT2D eigenvalue weighted by Crippen LogP contribution is 2.13. The van der Waals surface area contributed by atoms with Crippen LogP contribution in [0.4, 0.5) is 5.69 Å². The van der Waals surface area contributed by atoms with Crippen LogP contribution in [0.2, 0.25) is 0 Å². The largest absolute Gasteiger partial charge is 0.347 e. The van der Waals surface area contributed by atoms with Crippen LogP contribution in [-0.4, -0.2) is 16.8 Å². The Bertz CT molecular complexity index is 718. The third-order valence-corrected chi connectivity index (χ3v) is 4.09. The first kappa shape index (κ1) is 21.1. The first-order valence-electron chi connectivity index (χ1n) is 7.79. The molecule has 25 heavy (non-hydrogen) atoms. The van der Waals surface area contributed by atoms with Crippen molar-refractivity contribution in [1.82, 2.24) is 10.3 Å². The van der Waals surface area contributed by atoms with Crippen LogP contribution in [0.3, 0.4) is 0 Å². The molecule has 0 aliphatic heterocycles. The van der Waals surface area contributed by atoms with E-state index in [9.17, 15) is 9.59 Å². The molecular weight excluding hydrogens is 360 g/mol. The predicted octanol–water partition coefficient (Wildman–Crippen LogP) is 2.94. The SMILES string of the molecule is CC(C)CC(=O)Nc1cccc(CNC(=O)c2csc(CN)n2)c1.Cl. The van der Waals surface area contributed by atoms with Crippen molar-refractivity contribution in [2.75, 3.05) is 5.32 Å². The van der Waals surface area contributed by atoms with Gasteiger partial charge >= 0.3 is 0 Å². The highest BCUT2D eigenvalue weighted by atomic mass is 35.5. The summed E-state index contributed by atoms with van der Waals surface area (Å²) in [4.78, 5) is 28.0. The zero-order valence-corrected chi connectivity index (χ0v) is 15.9. The highest BCUT2D eigenvalue weighted by molar-refractivity contribution is 7.09. The smallest absolute Gasteiger partial charge is 0.271 e. The summed E-state index contributed by atoms with van der Waals surface area (Å²) in [5.74, 6) is 0.0622. The Balaban J connectivity index is 0.00000312. The van der Waals surface area contributed by atoms with E-state index in [0.29, 0.717) is 31.1 Å². The van der Waals surface area contributed by atoms with E-state index in [-0.39, 0.29) is 24.2 Å². The van der Waals surface area contributed by atoms with E-state index in [4.69, 9.17) is 5.73 Å². The Hall–Kier alpha value is -1.96. The number of halogens is 1. The van der Waals surface area contributed by atoms with Crippen molar-refractivity contribution < 1.29 is 9.59 Å². The number of benzene rings is 1. The number of aromatic nitrogens is 1. The summed E-state index contributed by atoms with van der Waals surface area (Å²) in [5, 5.41) is 8.11. The van der Waals surface area contributed by atoms with Gasteiger partial charge in [-0.25, -0.2) is 4.98 Å². The van der Waals surface area contributed by atoms with Gasteiger partial charge in [0.1, 0.15) is 10.7 Å². The van der Waals surface area contributed by atoms with E-state index >= 15 is 0 Å². The molecule has 1 heterocycles. The molecule has 8 heteroatoms. The van der Waals surface area contributed by atoms with Crippen LogP contribution in [0.15, 0.2) is 29.6 Å². The van der Waals surface area contributed by atoms with Crippen LogP contribution in [-0.2, 0) is 17.9 Å². The van der Waals surface area contributed by atoms with Crippen molar-refractivity contribution in [2.24, 2.45) is 11.7 Å². The molecule has 0 aliphatic rings. The second kappa shape index (κ2) is 10.1. The summed E-state index contributed by atoms with van der Waals surface area (Å²) in [5.41, 5.74) is 7.50. The normalized spacial score (nSPS) is 10.2. The fraction of sp³-hybridized carbons (Fsp3) is 0.353. The third-order valence-electron chi connectivity index (χ3n) is 3.22. The first-order valence-corrected chi connectivity index (χ1v) is 8.67. The number of nitrogens with one attached hydrogen (secondary N) is 2. The first-order chi connectivity index (χ1) is 11.5. The van der Waals surface area contributed by atoms with Gasteiger partial charge in [0.15, 0.2) is 0 Å². The van der Waals surface area contributed by atoms with E-state index in [2.05, 4.69) is 15.6 Å². The van der Waals surface area contributed by atoms with Crippen molar-refractivity contribution >= 4 is 41.2 Å². The summed E-state index contributed by atoms with van der Waals surface area (Å²) in [6.45, 7) is 4.69. The van der Waals surface area contributed by atoms with Crippen LogP contribution in [0.1, 0.15) is 41.3 Å². The van der Waals surface area contributed by atoms with E-state index in [1.54, 1.807) is 5.38 Å². The fourth-order valence-corrected chi connectivity index (χ4v) is 2.78. The van der Waals surface area contributed by atoms with E-state index in [0.717, 1.165) is 16.3 Å². The molecule has 0 fully saturated rings. The van der Waals surface area contributed by atoms with Crippen LogP contribution in [0.5, 0.6) is 0 Å². The Morgan fingerprint density at radius 2 is 2.08 bits per heavy atom. The molecular formula is C17H23ClN4O2S. The van der Waals surface area contributed by atoms with Crippen LogP contribution < -0.4 is 16.4 Å². The van der Waals surface area contributed by atoms with Gasteiger partial charge in [0, 0.05) is 30.6 Å². The van der Waals surface area contributed by atoms with Gasteiger partial charge in [0.05, 0.1) is 0 Å². The monoisotopic (exact) mass is 382 g/mol. The lowest BCUT2D eigenvalue weighted by molar-refractivity contribution is -0.116. The number of hydrogen-bond donors (Lipinski definition) is 3. The average Bonchev–Trinajstić information content (AvgIpc) is 3.01. The van der Waals surface area contributed by atoms with Gasteiger partial charge in [-0.3, -0.25) is 9.59 Å². The van der Waals surface area contributed by atoms with Gasteiger partial charge in [0.25, 0.3) is 5.91 Å². The Morgan fingerprint density at radius 3 is 2.72 bits per heavy atom. The quantitative estimate of drug-likeness (QED) is 0.685. The molecule has 136 valence electrons. The van der Waals surface area contributed by atoms with Crippen molar-refractivity contribution in [3.8, 4) is 0 Å². The zero-order chi connectivity index (χ0) is 17.5. The second-order valence-electron chi connectivity index (χ2n) is 5.86. The standard InChI is InChI=1S/C17H22N4O2S.ClH/c1-11(2)6-15(22)20-13-5-3-4-12(7-13)9-19-17(23)14-10-24-16(8-18)21-14;/h3-5,7,10-11H,6,8-9,18H2,1-2H3,(H,19,23)(H,20,22);1H. The van der Waals surface area contributed by atoms with E-state index in [1.165, 1.54) is 11.3 Å². The zero-order valence-electron chi connectivity index (χ0n) is 14.2. The van der Waals surface area contributed by atoms with E-state index < -0.39 is 0 Å². The molecule has 2 aromatic rings. The number of nitrogens with zero attached hydrogens (tertiary/aromatic N) is 1. The molecule has 1 aromatic heterocycles. The fourth-order valence-electron chi connectivity index (χ4n) is 2.12. The van der Waals surface area contributed by atoms with Crippen molar-refractivity contribution in [1.29, 1.82) is 0 Å². The Labute approximate surface area is 157 Å². The van der Waals surface area contributed by atoms with Gasteiger partial charge in [-0.1, -0.05) is 26.0 Å². The van der Waals surface area contributed by atoms with Gasteiger partial charge in [0.2, 0.25) is 5.91 Å². The maximum Gasteiger partial charge on any atom is 0.271 e. The number of carbonyl (C=O) groups excluding carboxylic acids is 2. The molecule has 0 spiro atoms. The second-order valence-corrected chi connectivity index (χ2v) is 6.80. The Morgan fingerprint density at radius 1 is 1.32 bits per heavy atom. The maximum absolute atomic E-state index is 12.1.